The van der Waals surface area contributed by atoms with Crippen LogP contribution in [-0.4, -0.2) is 13.1 Å². The highest BCUT2D eigenvalue weighted by molar-refractivity contribution is 9.10. The number of carbonyl (C=O) groups is 1. The zero-order chi connectivity index (χ0) is 11.4. The molecule has 0 aliphatic rings. The van der Waals surface area contributed by atoms with E-state index in [2.05, 4.69) is 26.6 Å². The number of methoxy groups -OCH3 is 1. The number of hydrogen-bond donors (Lipinski definition) is 0. The van der Waals surface area contributed by atoms with Gasteiger partial charge in [-0.25, -0.2) is 13.6 Å². The van der Waals surface area contributed by atoms with Gasteiger partial charge in [-0.3, -0.25) is 0 Å². The number of carbonyl (C=O) groups excluding carboxylic acids is 1. The standard InChI is InChI=1S/C10H5BrF2O2/c1-15-10(14)3-2-6-4-9(13)7(11)5-8(6)12/h4-5H,1H3. The molecule has 0 radical (unpaired) electrons. The molecular weight excluding hydrogens is 270 g/mol. The summed E-state index contributed by atoms with van der Waals surface area (Å²) in [5.41, 5.74) is -0.193. The van der Waals surface area contributed by atoms with Crippen molar-refractivity contribution in [3.63, 3.8) is 0 Å². The van der Waals surface area contributed by atoms with Gasteiger partial charge in [-0.05, 0) is 28.1 Å². The van der Waals surface area contributed by atoms with Crippen molar-refractivity contribution in [2.24, 2.45) is 0 Å². The molecule has 0 aromatic heterocycles. The average Bonchev–Trinajstić information content (AvgIpc) is 2.21. The van der Waals surface area contributed by atoms with E-state index in [-0.39, 0.29) is 10.0 Å². The van der Waals surface area contributed by atoms with Crippen molar-refractivity contribution in [2.75, 3.05) is 7.11 Å². The number of esters is 1. The lowest BCUT2D eigenvalue weighted by molar-refractivity contribution is -0.133. The Labute approximate surface area is 93.4 Å². The first-order valence-corrected chi connectivity index (χ1v) is 4.58. The lowest BCUT2D eigenvalue weighted by Gasteiger charge is -1.97. The Morgan fingerprint density at radius 1 is 1.40 bits per heavy atom. The van der Waals surface area contributed by atoms with Gasteiger partial charge in [0, 0.05) is 5.92 Å². The van der Waals surface area contributed by atoms with E-state index < -0.39 is 17.6 Å². The summed E-state index contributed by atoms with van der Waals surface area (Å²) < 4.78 is 30.3. The summed E-state index contributed by atoms with van der Waals surface area (Å²) in [6, 6.07) is 1.84. The van der Waals surface area contributed by atoms with Gasteiger partial charge in [0.25, 0.3) is 0 Å². The molecule has 0 amide bonds. The van der Waals surface area contributed by atoms with Gasteiger partial charge in [-0.1, -0.05) is 5.92 Å². The van der Waals surface area contributed by atoms with E-state index in [1.807, 2.05) is 5.92 Å². The molecule has 0 aliphatic carbocycles. The SMILES string of the molecule is COC(=O)C#Cc1cc(F)c(Br)cc1F. The zero-order valence-corrected chi connectivity index (χ0v) is 9.19. The van der Waals surface area contributed by atoms with Crippen LogP contribution in [0.1, 0.15) is 5.56 Å². The predicted octanol–water partition coefficient (Wildman–Crippen LogP) is 2.25. The highest BCUT2D eigenvalue weighted by Gasteiger charge is 2.06. The molecule has 0 fully saturated rings. The van der Waals surface area contributed by atoms with E-state index in [9.17, 15) is 13.6 Å². The van der Waals surface area contributed by atoms with Crippen LogP contribution >= 0.6 is 15.9 Å². The number of rotatable bonds is 0. The van der Waals surface area contributed by atoms with Crippen LogP contribution < -0.4 is 0 Å². The van der Waals surface area contributed by atoms with Gasteiger partial charge in [-0.15, -0.1) is 0 Å². The molecule has 0 atom stereocenters. The van der Waals surface area contributed by atoms with E-state index >= 15 is 0 Å². The summed E-state index contributed by atoms with van der Waals surface area (Å²) >= 11 is 2.82. The van der Waals surface area contributed by atoms with Crippen LogP contribution in [0.15, 0.2) is 16.6 Å². The first-order valence-electron chi connectivity index (χ1n) is 3.79. The maximum Gasteiger partial charge on any atom is 0.384 e. The maximum absolute atomic E-state index is 13.1. The van der Waals surface area contributed by atoms with Crippen LogP contribution in [0.4, 0.5) is 8.78 Å². The fourth-order valence-corrected chi connectivity index (χ4v) is 1.10. The smallest absolute Gasteiger partial charge is 0.384 e. The van der Waals surface area contributed by atoms with Crippen LogP contribution in [0.5, 0.6) is 0 Å². The molecule has 78 valence electrons. The molecule has 0 aliphatic heterocycles. The Hall–Kier alpha value is -1.41. The van der Waals surface area contributed by atoms with Crippen molar-refractivity contribution < 1.29 is 18.3 Å². The summed E-state index contributed by atoms with van der Waals surface area (Å²) in [5.74, 6) is 2.01. The fourth-order valence-electron chi connectivity index (χ4n) is 0.788. The van der Waals surface area contributed by atoms with E-state index in [0.29, 0.717) is 0 Å². The molecule has 0 N–H and O–H groups in total. The van der Waals surface area contributed by atoms with Crippen LogP contribution in [-0.2, 0) is 9.53 Å². The van der Waals surface area contributed by atoms with Gasteiger partial charge in [-0.2, -0.15) is 0 Å². The molecular formula is C10H5BrF2O2. The molecule has 1 aromatic carbocycles. The Morgan fingerprint density at radius 3 is 2.67 bits per heavy atom. The van der Waals surface area contributed by atoms with Gasteiger partial charge >= 0.3 is 5.97 Å². The van der Waals surface area contributed by atoms with Crippen LogP contribution in [0, 0.1) is 23.5 Å². The minimum absolute atomic E-state index is 0.00335. The monoisotopic (exact) mass is 274 g/mol. The second-order valence-corrected chi connectivity index (χ2v) is 3.34. The Bertz CT molecular complexity index is 460. The second-order valence-electron chi connectivity index (χ2n) is 2.49. The van der Waals surface area contributed by atoms with Crippen molar-refractivity contribution in [1.82, 2.24) is 0 Å². The molecule has 0 unspecified atom stereocenters. The highest BCUT2D eigenvalue weighted by Crippen LogP contribution is 2.19. The van der Waals surface area contributed by atoms with Crippen LogP contribution in [0.3, 0.4) is 0 Å². The summed E-state index contributed by atoms with van der Waals surface area (Å²) in [6.45, 7) is 0. The molecule has 1 aromatic rings. The third-order valence-electron chi connectivity index (χ3n) is 1.49. The molecule has 0 spiro atoms. The second kappa shape index (κ2) is 4.89. The maximum atomic E-state index is 13.1. The van der Waals surface area contributed by atoms with Gasteiger partial charge in [0.15, 0.2) is 0 Å². The van der Waals surface area contributed by atoms with Gasteiger partial charge in [0.05, 0.1) is 17.1 Å². The zero-order valence-electron chi connectivity index (χ0n) is 7.61. The van der Waals surface area contributed by atoms with Crippen LogP contribution in [0.2, 0.25) is 0 Å². The lowest BCUT2D eigenvalue weighted by Crippen LogP contribution is -1.95. The quantitative estimate of drug-likeness (QED) is 0.412. The third kappa shape index (κ3) is 3.03. The van der Waals surface area contributed by atoms with E-state index in [1.165, 1.54) is 0 Å². The van der Waals surface area contributed by atoms with Gasteiger partial charge in [0.1, 0.15) is 11.6 Å². The molecule has 1 rings (SSSR count). The van der Waals surface area contributed by atoms with E-state index in [0.717, 1.165) is 19.2 Å². The normalized spacial score (nSPS) is 9.07. The summed E-state index contributed by atoms with van der Waals surface area (Å²) in [5, 5.41) is 0. The van der Waals surface area contributed by atoms with Crippen molar-refractivity contribution >= 4 is 21.9 Å². The molecule has 0 saturated carbocycles. The summed E-state index contributed by atoms with van der Waals surface area (Å²) in [7, 11) is 1.15. The molecule has 0 bridgehead atoms. The first-order chi connectivity index (χ1) is 7.04. The van der Waals surface area contributed by atoms with Crippen molar-refractivity contribution in [3.8, 4) is 11.8 Å². The Kier molecular flexibility index (Phi) is 3.81. The van der Waals surface area contributed by atoms with Crippen molar-refractivity contribution in [2.45, 2.75) is 0 Å². The number of hydrogen-bond acceptors (Lipinski definition) is 2. The summed E-state index contributed by atoms with van der Waals surface area (Å²) in [4.78, 5) is 10.6. The minimum atomic E-state index is -0.808. The van der Waals surface area contributed by atoms with E-state index in [4.69, 9.17) is 0 Å². The fraction of sp³-hybridized carbons (Fsp3) is 0.100. The summed E-state index contributed by atoms with van der Waals surface area (Å²) in [6.07, 6.45) is 0. The number of benzene rings is 1. The van der Waals surface area contributed by atoms with E-state index in [1.54, 1.807) is 0 Å². The average molecular weight is 275 g/mol. The molecule has 15 heavy (non-hydrogen) atoms. The predicted molar refractivity (Wildman–Crippen MR) is 53.0 cm³/mol. The van der Waals surface area contributed by atoms with Crippen molar-refractivity contribution in [1.29, 1.82) is 0 Å². The Morgan fingerprint density at radius 2 is 2.07 bits per heavy atom. The molecule has 0 saturated heterocycles. The number of halogens is 3. The highest BCUT2D eigenvalue weighted by atomic mass is 79.9. The first kappa shape index (κ1) is 11.7. The minimum Gasteiger partial charge on any atom is -0.459 e. The third-order valence-corrected chi connectivity index (χ3v) is 2.10. The van der Waals surface area contributed by atoms with Gasteiger partial charge in [0.2, 0.25) is 0 Å². The number of ether oxygens (including phenoxy) is 1. The Balaban J connectivity index is 3.09. The van der Waals surface area contributed by atoms with Crippen LogP contribution in [0.25, 0.3) is 0 Å². The molecule has 0 heterocycles. The molecule has 2 nitrogen and oxygen atoms in total. The largest absolute Gasteiger partial charge is 0.459 e. The topological polar surface area (TPSA) is 26.3 Å². The molecule has 5 heteroatoms. The van der Waals surface area contributed by atoms with Crippen molar-refractivity contribution in [3.05, 3.63) is 33.8 Å². The van der Waals surface area contributed by atoms with Gasteiger partial charge < -0.3 is 4.74 Å². The lowest BCUT2D eigenvalue weighted by atomic mass is 10.2.